The van der Waals surface area contributed by atoms with Gasteiger partial charge < -0.3 is 4.90 Å². The highest BCUT2D eigenvalue weighted by atomic mass is 35.5. The summed E-state index contributed by atoms with van der Waals surface area (Å²) in [5.74, 6) is -0.283. The van der Waals surface area contributed by atoms with Crippen molar-refractivity contribution in [2.24, 2.45) is 0 Å². The molecule has 2 fully saturated rings. The first-order valence-electron chi connectivity index (χ1n) is 11.7. The number of rotatable bonds is 6. The van der Waals surface area contributed by atoms with Crippen molar-refractivity contribution in [3.8, 4) is 0 Å². The van der Waals surface area contributed by atoms with E-state index in [2.05, 4.69) is 17.0 Å². The second kappa shape index (κ2) is 9.58. The predicted octanol–water partition coefficient (Wildman–Crippen LogP) is 5.23. The topological polar surface area (TPSA) is 57.7 Å². The van der Waals surface area contributed by atoms with Gasteiger partial charge in [0.15, 0.2) is 14.6 Å². The van der Waals surface area contributed by atoms with E-state index in [1.54, 1.807) is 17.0 Å². The highest BCUT2D eigenvalue weighted by Crippen LogP contribution is 2.48. The average molecular weight is 529 g/mol. The highest BCUT2D eigenvalue weighted by molar-refractivity contribution is 7.94. The number of halogens is 2. The first-order chi connectivity index (χ1) is 16.8. The lowest BCUT2D eigenvalue weighted by molar-refractivity contribution is -0.133. The van der Waals surface area contributed by atoms with Crippen LogP contribution in [0.5, 0.6) is 0 Å². The van der Waals surface area contributed by atoms with Gasteiger partial charge in [-0.15, -0.1) is 0 Å². The lowest BCUT2D eigenvalue weighted by atomic mass is 9.96. The lowest BCUT2D eigenvalue weighted by Crippen LogP contribution is -2.54. The summed E-state index contributed by atoms with van der Waals surface area (Å²) in [6.45, 7) is 2.25. The van der Waals surface area contributed by atoms with Gasteiger partial charge in [-0.3, -0.25) is 9.69 Å². The van der Waals surface area contributed by atoms with Gasteiger partial charge in [0.05, 0.1) is 10.9 Å². The predicted molar refractivity (Wildman–Crippen MR) is 138 cm³/mol. The minimum absolute atomic E-state index is 0.0263. The molecule has 35 heavy (non-hydrogen) atoms. The molecule has 0 N–H and O–H groups in total. The molecule has 3 aromatic carbocycles. The number of sulfone groups is 1. The summed E-state index contributed by atoms with van der Waals surface area (Å²) in [7, 11) is -3.79. The molecule has 2 aliphatic rings. The van der Waals surface area contributed by atoms with Gasteiger partial charge in [0.25, 0.3) is 0 Å². The Bertz CT molecular complexity index is 1300. The number of piperazine rings is 1. The monoisotopic (exact) mass is 528 g/mol. The summed E-state index contributed by atoms with van der Waals surface area (Å²) in [5.41, 5.74) is 2.29. The molecule has 1 aliphatic carbocycles. The van der Waals surface area contributed by atoms with Crippen LogP contribution in [0.2, 0.25) is 10.0 Å². The van der Waals surface area contributed by atoms with Crippen LogP contribution >= 0.6 is 23.2 Å². The fourth-order valence-electron chi connectivity index (χ4n) is 4.92. The molecule has 1 amide bonds. The normalized spacial score (nSPS) is 18.7. The maximum atomic E-state index is 13.5. The maximum Gasteiger partial charge on any atom is 0.244 e. The summed E-state index contributed by atoms with van der Waals surface area (Å²) in [6, 6.07) is 24.2. The molecule has 5 nitrogen and oxygen atoms in total. The summed E-state index contributed by atoms with van der Waals surface area (Å²) < 4.78 is 25.4. The van der Waals surface area contributed by atoms with Crippen LogP contribution in [0, 0.1) is 0 Å². The molecular formula is C27H26Cl2N2O3S. The first kappa shape index (κ1) is 24.3. The molecule has 8 heteroatoms. The molecule has 0 spiro atoms. The summed E-state index contributed by atoms with van der Waals surface area (Å²) >= 11 is 12.1. The highest BCUT2D eigenvalue weighted by Gasteiger charge is 2.62. The maximum absolute atomic E-state index is 13.5. The van der Waals surface area contributed by atoms with Crippen LogP contribution in [0.1, 0.15) is 30.0 Å². The molecule has 0 aromatic heterocycles. The summed E-state index contributed by atoms with van der Waals surface area (Å²) in [4.78, 5) is 17.7. The molecule has 182 valence electrons. The fraction of sp³-hybridized carbons (Fsp3) is 0.296. The molecule has 5 rings (SSSR count). The average Bonchev–Trinajstić information content (AvgIpc) is 3.69. The van der Waals surface area contributed by atoms with Crippen molar-refractivity contribution in [3.05, 3.63) is 100 Å². The van der Waals surface area contributed by atoms with Crippen molar-refractivity contribution in [2.75, 3.05) is 26.2 Å². The van der Waals surface area contributed by atoms with Crippen molar-refractivity contribution in [2.45, 2.75) is 28.5 Å². The molecule has 1 heterocycles. The van der Waals surface area contributed by atoms with Crippen LogP contribution < -0.4 is 0 Å². The van der Waals surface area contributed by atoms with Crippen molar-refractivity contribution in [1.82, 2.24) is 9.80 Å². The van der Waals surface area contributed by atoms with E-state index in [-0.39, 0.29) is 16.8 Å². The van der Waals surface area contributed by atoms with Crippen LogP contribution in [0.25, 0.3) is 0 Å². The van der Waals surface area contributed by atoms with Gasteiger partial charge in [0.2, 0.25) is 5.91 Å². The molecule has 0 radical (unpaired) electrons. The number of hydrogen-bond donors (Lipinski definition) is 0. The van der Waals surface area contributed by atoms with E-state index in [1.165, 1.54) is 17.7 Å². The molecule has 1 aliphatic heterocycles. The van der Waals surface area contributed by atoms with Crippen LogP contribution in [0.15, 0.2) is 83.8 Å². The van der Waals surface area contributed by atoms with Gasteiger partial charge in [0.1, 0.15) is 0 Å². The number of carbonyl (C=O) groups is 1. The SMILES string of the molecule is O=C(N1CCN([C@@H](c2ccccc2)c2ccc(Cl)cc2)CC1)C1(S(=O)(=O)c2ccc(Cl)cc2)CC1. The van der Waals surface area contributed by atoms with E-state index in [0.29, 0.717) is 49.1 Å². The molecule has 1 saturated carbocycles. The molecule has 0 bridgehead atoms. The van der Waals surface area contributed by atoms with Crippen LogP contribution in [-0.2, 0) is 14.6 Å². The fourth-order valence-corrected chi connectivity index (χ4v) is 7.11. The number of hydrogen-bond acceptors (Lipinski definition) is 4. The third-order valence-corrected chi connectivity index (χ3v) is 10.0. The van der Waals surface area contributed by atoms with Gasteiger partial charge >= 0.3 is 0 Å². The van der Waals surface area contributed by atoms with Crippen molar-refractivity contribution < 1.29 is 13.2 Å². The molecule has 3 aromatic rings. The second-order valence-corrected chi connectivity index (χ2v) is 12.3. The number of nitrogens with zero attached hydrogens (tertiary/aromatic N) is 2. The Balaban J connectivity index is 1.34. The standard InChI is InChI=1S/C27H26Cl2N2O3S/c28-22-8-6-21(7-9-22)25(20-4-2-1-3-5-20)30-16-18-31(19-17-30)26(32)27(14-15-27)35(33,34)24-12-10-23(29)11-13-24/h1-13,25H,14-19H2/t25-/m0/s1. The molecule has 1 atom stereocenters. The van der Waals surface area contributed by atoms with E-state index in [9.17, 15) is 13.2 Å². The van der Waals surface area contributed by atoms with E-state index in [0.717, 1.165) is 5.56 Å². The zero-order valence-corrected chi connectivity index (χ0v) is 21.4. The zero-order valence-electron chi connectivity index (χ0n) is 19.1. The van der Waals surface area contributed by atoms with Crippen molar-refractivity contribution in [3.63, 3.8) is 0 Å². The first-order valence-corrected chi connectivity index (χ1v) is 13.9. The Morgan fingerprint density at radius 2 is 1.26 bits per heavy atom. The molecular weight excluding hydrogens is 503 g/mol. The van der Waals surface area contributed by atoms with Gasteiger partial charge in [-0.2, -0.15) is 0 Å². The largest absolute Gasteiger partial charge is 0.339 e. The Morgan fingerprint density at radius 1 is 0.743 bits per heavy atom. The minimum atomic E-state index is -3.79. The molecule has 1 saturated heterocycles. The van der Waals surface area contributed by atoms with Crippen LogP contribution in [0.4, 0.5) is 0 Å². The minimum Gasteiger partial charge on any atom is -0.339 e. The number of amides is 1. The van der Waals surface area contributed by atoms with E-state index in [1.807, 2.05) is 42.5 Å². The second-order valence-electron chi connectivity index (χ2n) is 9.14. The van der Waals surface area contributed by atoms with Gasteiger partial charge in [-0.05, 0) is 60.4 Å². The zero-order chi connectivity index (χ0) is 24.6. The van der Waals surface area contributed by atoms with Crippen LogP contribution in [-0.4, -0.2) is 55.1 Å². The van der Waals surface area contributed by atoms with Gasteiger partial charge in [0, 0.05) is 36.2 Å². The Labute approximate surface area is 216 Å². The third-order valence-electron chi connectivity index (χ3n) is 7.00. The van der Waals surface area contributed by atoms with E-state index in [4.69, 9.17) is 23.2 Å². The van der Waals surface area contributed by atoms with Crippen molar-refractivity contribution >= 4 is 38.9 Å². The smallest absolute Gasteiger partial charge is 0.244 e. The van der Waals surface area contributed by atoms with Crippen LogP contribution in [0.3, 0.4) is 0 Å². The quantitative estimate of drug-likeness (QED) is 0.439. The van der Waals surface area contributed by atoms with Gasteiger partial charge in [-0.25, -0.2) is 8.42 Å². The third kappa shape index (κ3) is 4.60. The van der Waals surface area contributed by atoms with E-state index < -0.39 is 14.6 Å². The van der Waals surface area contributed by atoms with Gasteiger partial charge in [-0.1, -0.05) is 65.7 Å². The summed E-state index contributed by atoms with van der Waals surface area (Å²) in [5, 5.41) is 1.15. The Morgan fingerprint density at radius 3 is 1.80 bits per heavy atom. The number of benzene rings is 3. The van der Waals surface area contributed by atoms with E-state index >= 15 is 0 Å². The lowest BCUT2D eigenvalue weighted by Gasteiger charge is -2.40. The Kier molecular flexibility index (Phi) is 6.66. The Hall–Kier alpha value is -2.38. The molecule has 0 unspecified atom stereocenters. The van der Waals surface area contributed by atoms with Crippen molar-refractivity contribution in [1.29, 1.82) is 0 Å². The number of carbonyl (C=O) groups excluding carboxylic acids is 1. The summed E-state index contributed by atoms with van der Waals surface area (Å²) in [6.07, 6.45) is 0.711.